The first-order valence-corrected chi connectivity index (χ1v) is 13.3. The van der Waals surface area contributed by atoms with Crippen molar-refractivity contribution >= 4 is 51.4 Å². The molecule has 0 aromatic carbocycles. The van der Waals surface area contributed by atoms with Gasteiger partial charge in [0.25, 0.3) is 0 Å². The molecule has 0 unspecified atom stereocenters. The van der Waals surface area contributed by atoms with Crippen LogP contribution in [0.15, 0.2) is 0 Å². The molecule has 0 saturated heterocycles. The van der Waals surface area contributed by atoms with E-state index in [0.717, 1.165) is 6.04 Å². The number of hydrogen-bond acceptors (Lipinski definition) is 0. The average Bonchev–Trinajstić information content (AvgIpc) is 2.24. The lowest BCUT2D eigenvalue weighted by Crippen LogP contribution is -2.11. The van der Waals surface area contributed by atoms with Crippen LogP contribution in [-0.2, 0) is 0 Å². The second-order valence-electron chi connectivity index (χ2n) is 5.04. The Morgan fingerprint density at radius 3 is 1.41 bits per heavy atom. The zero-order valence-corrected chi connectivity index (χ0v) is 15.8. The van der Waals surface area contributed by atoms with Crippen LogP contribution < -0.4 is 0 Å². The van der Waals surface area contributed by atoms with Crippen molar-refractivity contribution < 1.29 is 0 Å². The van der Waals surface area contributed by atoms with Gasteiger partial charge in [-0.2, -0.15) is 0 Å². The van der Waals surface area contributed by atoms with Crippen LogP contribution in [0.2, 0.25) is 12.6 Å². The van der Waals surface area contributed by atoms with E-state index in [-0.39, 0.29) is 0 Å². The molecule has 0 saturated carbocycles. The zero-order chi connectivity index (χ0) is 13.0. The highest BCUT2D eigenvalue weighted by Gasteiger charge is 2.19. The van der Waals surface area contributed by atoms with Gasteiger partial charge in [0.1, 0.15) is 0 Å². The molecule has 17 heavy (non-hydrogen) atoms. The predicted molar refractivity (Wildman–Crippen MR) is 93.2 cm³/mol. The van der Waals surface area contributed by atoms with Crippen LogP contribution in [0.4, 0.5) is 0 Å². The smallest absolute Gasteiger partial charge is 0.146 e. The highest BCUT2D eigenvalue weighted by molar-refractivity contribution is 14.1. The van der Waals surface area contributed by atoms with Crippen molar-refractivity contribution in [3.05, 3.63) is 0 Å². The molecule has 0 radical (unpaired) electrons. The van der Waals surface area contributed by atoms with Crippen molar-refractivity contribution in [2.75, 3.05) is 4.43 Å². The molecule has 4 heteroatoms. The predicted octanol–water partition coefficient (Wildman–Crippen LogP) is 6.87. The highest BCUT2D eigenvalue weighted by atomic mass is 127. The summed E-state index contributed by atoms with van der Waals surface area (Å²) < 4.78 is 1.32. The van der Waals surface area contributed by atoms with Gasteiger partial charge in [0.15, 0.2) is 0 Å². The zero-order valence-electron chi connectivity index (χ0n) is 11.1. The van der Waals surface area contributed by atoms with Crippen LogP contribution in [0.25, 0.3) is 0 Å². The molecule has 0 spiro atoms. The van der Waals surface area contributed by atoms with E-state index in [1.165, 1.54) is 68.6 Å². The van der Waals surface area contributed by atoms with Crippen LogP contribution in [0.5, 0.6) is 0 Å². The number of alkyl halides is 1. The first kappa shape index (κ1) is 18.5. The monoisotopic (exact) mass is 408 g/mol. The van der Waals surface area contributed by atoms with Crippen LogP contribution in [0, 0.1) is 0 Å². The van der Waals surface area contributed by atoms with E-state index in [2.05, 4.69) is 22.6 Å². The highest BCUT2D eigenvalue weighted by Crippen LogP contribution is 2.23. The first-order chi connectivity index (χ1) is 8.06. The second kappa shape index (κ2) is 12.6. The lowest BCUT2D eigenvalue weighted by atomic mass is 10.1. The molecule has 104 valence electrons. The topological polar surface area (TPSA) is 0 Å². The molecule has 0 aliphatic rings. The molecule has 0 bridgehead atoms. The maximum atomic E-state index is 6.06. The van der Waals surface area contributed by atoms with Crippen molar-refractivity contribution in [1.82, 2.24) is 0 Å². The molecule has 0 atom stereocenters. The molecular formula is C13H27Cl2ISi. The van der Waals surface area contributed by atoms with Crippen molar-refractivity contribution in [3.63, 3.8) is 0 Å². The lowest BCUT2D eigenvalue weighted by molar-refractivity contribution is 0.563. The van der Waals surface area contributed by atoms with Gasteiger partial charge < -0.3 is 0 Å². The van der Waals surface area contributed by atoms with Crippen molar-refractivity contribution in [1.29, 1.82) is 0 Å². The van der Waals surface area contributed by atoms with Gasteiger partial charge in [-0.3, -0.25) is 0 Å². The third-order valence-electron chi connectivity index (χ3n) is 3.00. The van der Waals surface area contributed by atoms with E-state index in [1.54, 1.807) is 0 Å². The fourth-order valence-electron chi connectivity index (χ4n) is 1.94. The van der Waals surface area contributed by atoms with Crippen LogP contribution in [0.1, 0.15) is 64.2 Å². The quantitative estimate of drug-likeness (QED) is 0.108. The average molecular weight is 409 g/mol. The van der Waals surface area contributed by atoms with E-state index in [4.69, 9.17) is 22.2 Å². The summed E-state index contributed by atoms with van der Waals surface area (Å²) in [6, 6.07) is 1.06. The van der Waals surface area contributed by atoms with Crippen LogP contribution in [-0.4, -0.2) is 11.1 Å². The minimum Gasteiger partial charge on any atom is -0.146 e. The van der Waals surface area contributed by atoms with E-state index in [0.29, 0.717) is 0 Å². The summed E-state index contributed by atoms with van der Waals surface area (Å²) >= 11 is 14.6. The molecule has 0 amide bonds. The number of hydrogen-bond donors (Lipinski definition) is 0. The Kier molecular flexibility index (Phi) is 13.7. The third kappa shape index (κ3) is 17.5. The lowest BCUT2D eigenvalue weighted by Gasteiger charge is -2.09. The Hall–Kier alpha value is 1.53. The van der Waals surface area contributed by atoms with Gasteiger partial charge in [-0.25, -0.2) is 0 Å². The van der Waals surface area contributed by atoms with Gasteiger partial charge in [-0.1, -0.05) is 80.4 Å². The molecule has 0 fully saturated rings. The molecule has 0 aliphatic heterocycles. The van der Waals surface area contributed by atoms with Crippen molar-refractivity contribution in [3.8, 4) is 0 Å². The number of unbranched alkanes of at least 4 members (excludes halogenated alkanes) is 9. The maximum absolute atomic E-state index is 6.06. The Bertz CT molecular complexity index is 160. The number of rotatable bonds is 12. The van der Waals surface area contributed by atoms with Crippen LogP contribution >= 0.6 is 44.7 Å². The summed E-state index contributed by atoms with van der Waals surface area (Å²) in [4.78, 5) is 0. The molecule has 0 nitrogen and oxygen atoms in total. The van der Waals surface area contributed by atoms with Gasteiger partial charge in [0, 0.05) is 0 Å². The first-order valence-electron chi connectivity index (χ1n) is 7.00. The Morgan fingerprint density at radius 1 is 0.706 bits per heavy atom. The fourth-order valence-corrected chi connectivity index (χ4v) is 4.16. The molecule has 0 N–H and O–H groups in total. The molecule has 0 rings (SSSR count). The minimum atomic E-state index is -1.81. The van der Waals surface area contributed by atoms with Crippen molar-refractivity contribution in [2.45, 2.75) is 76.8 Å². The molecule has 0 aliphatic carbocycles. The van der Waals surface area contributed by atoms with E-state index in [9.17, 15) is 0 Å². The summed E-state index contributed by atoms with van der Waals surface area (Å²) in [7, 11) is 0. The van der Waals surface area contributed by atoms with Gasteiger partial charge in [-0.05, 0) is 23.4 Å². The summed E-state index contributed by atoms with van der Waals surface area (Å²) in [5.74, 6) is 0. The minimum absolute atomic E-state index is 1.06. The van der Waals surface area contributed by atoms with E-state index >= 15 is 0 Å². The SMILES string of the molecule is C[Si](Cl)(Cl)CCCCCCCCCCCCI. The largest absolute Gasteiger partial charge is 0.248 e. The standard InChI is InChI=1S/C13H27Cl2ISi/c1-17(14,15)13-11-9-7-5-3-2-4-6-8-10-12-16/h2-13H2,1H3. The molecule has 0 aromatic heterocycles. The maximum Gasteiger partial charge on any atom is 0.248 e. The fraction of sp³-hybridized carbons (Fsp3) is 1.00. The van der Waals surface area contributed by atoms with Crippen LogP contribution in [0.3, 0.4) is 0 Å². The molecular weight excluding hydrogens is 382 g/mol. The van der Waals surface area contributed by atoms with E-state index < -0.39 is 6.69 Å². The summed E-state index contributed by atoms with van der Waals surface area (Å²) in [5.41, 5.74) is 0. The Labute approximate surface area is 132 Å². The summed E-state index contributed by atoms with van der Waals surface area (Å²) in [6.07, 6.45) is 13.9. The number of halogens is 3. The Balaban J connectivity index is 2.99. The van der Waals surface area contributed by atoms with Crippen molar-refractivity contribution in [2.24, 2.45) is 0 Å². The third-order valence-corrected chi connectivity index (χ3v) is 6.13. The van der Waals surface area contributed by atoms with Gasteiger partial charge in [0.05, 0.1) is 0 Å². The summed E-state index contributed by atoms with van der Waals surface area (Å²) in [5, 5.41) is 0. The normalized spacial score (nSPS) is 12.0. The van der Waals surface area contributed by atoms with E-state index in [1.807, 2.05) is 6.55 Å². The van der Waals surface area contributed by atoms with Gasteiger partial charge in [-0.15, -0.1) is 22.2 Å². The molecule has 0 heterocycles. The summed E-state index contributed by atoms with van der Waals surface area (Å²) in [6.45, 7) is 0.212. The molecule has 0 aromatic rings. The second-order valence-corrected chi connectivity index (χ2v) is 14.3. The Morgan fingerprint density at radius 2 is 1.06 bits per heavy atom. The van der Waals surface area contributed by atoms with Gasteiger partial charge in [0.2, 0.25) is 6.69 Å². The van der Waals surface area contributed by atoms with Gasteiger partial charge >= 0.3 is 0 Å².